The predicted molar refractivity (Wildman–Crippen MR) is 168 cm³/mol. The molecule has 44 heavy (non-hydrogen) atoms. The molecule has 1 aromatic heterocycles. The van der Waals surface area contributed by atoms with Gasteiger partial charge in [0.1, 0.15) is 24.0 Å². The second-order valence-electron chi connectivity index (χ2n) is 10.1. The van der Waals surface area contributed by atoms with Crippen LogP contribution in [0, 0.1) is 0 Å². The van der Waals surface area contributed by atoms with E-state index in [1.807, 2.05) is 60.7 Å². The molecule has 0 fully saturated rings. The van der Waals surface area contributed by atoms with Crippen molar-refractivity contribution < 1.29 is 19.1 Å². The van der Waals surface area contributed by atoms with Crippen LogP contribution in [0.4, 0.5) is 11.4 Å². The molecule has 5 rings (SSSR count). The number of hydrogen-bond donors (Lipinski definition) is 2. The maximum absolute atomic E-state index is 13.6. The molecule has 1 heterocycles. The lowest BCUT2D eigenvalue weighted by molar-refractivity contribution is -0.127. The third-order valence-corrected chi connectivity index (χ3v) is 7.03. The number of aromatic nitrogens is 3. The molecule has 0 saturated carbocycles. The fraction of sp³-hybridized carbons (Fsp3) is 0.147. The van der Waals surface area contributed by atoms with E-state index in [9.17, 15) is 14.4 Å². The molecule has 5 aromatic rings. The van der Waals surface area contributed by atoms with E-state index in [0.29, 0.717) is 34.8 Å². The Kier molecular flexibility index (Phi) is 9.41. The molecule has 0 unspecified atom stereocenters. The maximum Gasteiger partial charge on any atom is 0.255 e. The van der Waals surface area contributed by atoms with Crippen molar-refractivity contribution in [2.24, 2.45) is 0 Å². The summed E-state index contributed by atoms with van der Waals surface area (Å²) >= 11 is 0. The van der Waals surface area contributed by atoms with Crippen molar-refractivity contribution >= 4 is 29.1 Å². The van der Waals surface area contributed by atoms with Crippen molar-refractivity contribution in [1.29, 1.82) is 0 Å². The van der Waals surface area contributed by atoms with Crippen LogP contribution in [0.15, 0.2) is 115 Å². The summed E-state index contributed by atoms with van der Waals surface area (Å²) in [6, 6.07) is 32.0. The fourth-order valence-corrected chi connectivity index (χ4v) is 4.63. The molecule has 0 radical (unpaired) electrons. The molecule has 0 spiro atoms. The van der Waals surface area contributed by atoms with E-state index in [0.717, 1.165) is 11.1 Å². The van der Waals surface area contributed by atoms with Gasteiger partial charge in [0.2, 0.25) is 11.8 Å². The lowest BCUT2D eigenvalue weighted by Crippen LogP contribution is -2.49. The summed E-state index contributed by atoms with van der Waals surface area (Å²) in [6.07, 6.45) is 1.98. The van der Waals surface area contributed by atoms with Crippen molar-refractivity contribution in [2.75, 3.05) is 24.4 Å². The normalized spacial score (nSPS) is 11.3. The van der Waals surface area contributed by atoms with Crippen LogP contribution in [0.2, 0.25) is 0 Å². The molecule has 10 heteroatoms. The van der Waals surface area contributed by atoms with E-state index in [2.05, 4.69) is 20.9 Å². The summed E-state index contributed by atoms with van der Waals surface area (Å²) in [5.41, 5.74) is 4.14. The predicted octanol–water partition coefficient (Wildman–Crippen LogP) is 4.60. The number of anilines is 2. The molecular formula is C34H32N6O4. The van der Waals surface area contributed by atoms with E-state index < -0.39 is 6.04 Å². The lowest BCUT2D eigenvalue weighted by Gasteiger charge is -2.25. The summed E-state index contributed by atoms with van der Waals surface area (Å²) < 4.78 is 6.64. The number of likely N-dealkylation sites (N-methyl/N-ethyl adjacent to an activating group) is 1. The van der Waals surface area contributed by atoms with Crippen LogP contribution in [-0.4, -0.2) is 52.9 Å². The van der Waals surface area contributed by atoms with Crippen molar-refractivity contribution in [3.8, 4) is 17.0 Å². The van der Waals surface area contributed by atoms with E-state index in [-0.39, 0.29) is 24.3 Å². The minimum atomic E-state index is -0.807. The minimum Gasteiger partial charge on any atom is -0.497 e. The van der Waals surface area contributed by atoms with Crippen LogP contribution >= 0.6 is 0 Å². The molecule has 1 atom stereocenters. The topological polar surface area (TPSA) is 118 Å². The Morgan fingerprint density at radius 1 is 0.864 bits per heavy atom. The molecule has 3 amide bonds. The number of nitrogens with zero attached hydrogens (tertiary/aromatic N) is 4. The molecule has 0 bridgehead atoms. The fourth-order valence-electron chi connectivity index (χ4n) is 4.63. The Bertz CT molecular complexity index is 1700. The Balaban J connectivity index is 1.23. The van der Waals surface area contributed by atoms with E-state index in [1.54, 1.807) is 68.9 Å². The maximum atomic E-state index is 13.6. The van der Waals surface area contributed by atoms with E-state index in [1.165, 1.54) is 9.58 Å². The van der Waals surface area contributed by atoms with Gasteiger partial charge in [-0.15, -0.1) is 5.10 Å². The third-order valence-electron chi connectivity index (χ3n) is 7.03. The quantitative estimate of drug-likeness (QED) is 0.233. The van der Waals surface area contributed by atoms with Crippen molar-refractivity contribution in [3.63, 3.8) is 0 Å². The number of methoxy groups -OCH3 is 1. The van der Waals surface area contributed by atoms with Crippen LogP contribution in [0.5, 0.6) is 5.75 Å². The SMILES string of the molecule is COc1ccc(N(C)C(=O)[C@H](Cc2ccccc2)NC(=O)Cn2cc(-c3ccc(NC(=O)c4ccccc4)cc3)nn2)cc1. The zero-order valence-electron chi connectivity index (χ0n) is 24.4. The first-order valence-corrected chi connectivity index (χ1v) is 14.0. The average molecular weight is 589 g/mol. The summed E-state index contributed by atoms with van der Waals surface area (Å²) in [4.78, 5) is 40.7. The molecule has 10 nitrogen and oxygen atoms in total. The number of ether oxygens (including phenoxy) is 1. The third kappa shape index (κ3) is 7.54. The lowest BCUT2D eigenvalue weighted by atomic mass is 10.0. The first-order chi connectivity index (χ1) is 21.4. The van der Waals surface area contributed by atoms with Gasteiger partial charge >= 0.3 is 0 Å². The molecule has 0 aliphatic heterocycles. The van der Waals surface area contributed by atoms with Gasteiger partial charge in [-0.05, 0) is 54.1 Å². The van der Waals surface area contributed by atoms with Gasteiger partial charge in [0.15, 0.2) is 0 Å². The van der Waals surface area contributed by atoms with Crippen LogP contribution in [0.25, 0.3) is 11.3 Å². The van der Waals surface area contributed by atoms with Gasteiger partial charge in [-0.3, -0.25) is 14.4 Å². The number of carbonyl (C=O) groups excluding carboxylic acids is 3. The minimum absolute atomic E-state index is 0.122. The Labute approximate surface area is 255 Å². The highest BCUT2D eigenvalue weighted by Crippen LogP contribution is 2.21. The first kappa shape index (κ1) is 29.7. The molecule has 0 aliphatic rings. The second kappa shape index (κ2) is 13.9. The standard InChI is InChI=1S/C34H32N6O4/c1-39(28-17-19-29(44-2)20-18-28)34(43)30(21-24-9-5-3-6-10-24)36-32(41)23-40-22-31(37-38-40)25-13-15-27(16-14-25)35-33(42)26-11-7-4-8-12-26/h3-20,22,30H,21,23H2,1-2H3,(H,35,42)(H,36,41)/t30-/m0/s1. The molecule has 222 valence electrons. The van der Waals surface area contributed by atoms with Gasteiger partial charge in [-0.1, -0.05) is 65.9 Å². The molecular weight excluding hydrogens is 556 g/mol. The van der Waals surface area contributed by atoms with Crippen LogP contribution < -0.4 is 20.3 Å². The van der Waals surface area contributed by atoms with Crippen molar-refractivity contribution in [2.45, 2.75) is 19.0 Å². The Morgan fingerprint density at radius 3 is 2.18 bits per heavy atom. The largest absolute Gasteiger partial charge is 0.497 e. The van der Waals surface area contributed by atoms with E-state index in [4.69, 9.17) is 4.74 Å². The number of rotatable bonds is 11. The number of benzene rings is 4. The highest BCUT2D eigenvalue weighted by molar-refractivity contribution is 6.04. The Morgan fingerprint density at radius 2 is 1.52 bits per heavy atom. The number of carbonyl (C=O) groups is 3. The number of nitrogens with one attached hydrogen (secondary N) is 2. The number of hydrogen-bond acceptors (Lipinski definition) is 6. The summed E-state index contributed by atoms with van der Waals surface area (Å²) in [7, 11) is 3.26. The summed E-state index contributed by atoms with van der Waals surface area (Å²) in [5, 5.41) is 14.1. The smallest absolute Gasteiger partial charge is 0.255 e. The highest BCUT2D eigenvalue weighted by Gasteiger charge is 2.25. The summed E-state index contributed by atoms with van der Waals surface area (Å²) in [5.74, 6) is -0.153. The molecule has 2 N–H and O–H groups in total. The van der Waals surface area contributed by atoms with Crippen LogP contribution in [0.3, 0.4) is 0 Å². The zero-order valence-corrected chi connectivity index (χ0v) is 24.4. The second-order valence-corrected chi connectivity index (χ2v) is 10.1. The van der Waals surface area contributed by atoms with Crippen molar-refractivity contribution in [1.82, 2.24) is 20.3 Å². The van der Waals surface area contributed by atoms with E-state index >= 15 is 0 Å². The van der Waals surface area contributed by atoms with Gasteiger partial charge in [-0.25, -0.2) is 4.68 Å². The Hall–Kier alpha value is -5.77. The van der Waals surface area contributed by atoms with Gasteiger partial charge in [0, 0.05) is 36.0 Å². The van der Waals surface area contributed by atoms with Crippen LogP contribution in [0.1, 0.15) is 15.9 Å². The molecule has 0 aliphatic carbocycles. The highest BCUT2D eigenvalue weighted by atomic mass is 16.5. The number of amides is 3. The summed E-state index contributed by atoms with van der Waals surface area (Å²) in [6.45, 7) is -0.122. The first-order valence-electron chi connectivity index (χ1n) is 14.0. The van der Waals surface area contributed by atoms with Gasteiger partial charge in [-0.2, -0.15) is 0 Å². The zero-order chi connectivity index (χ0) is 30.9. The molecule has 4 aromatic carbocycles. The van der Waals surface area contributed by atoms with Gasteiger partial charge < -0.3 is 20.3 Å². The molecule has 0 saturated heterocycles. The monoisotopic (exact) mass is 588 g/mol. The van der Waals surface area contributed by atoms with Gasteiger partial charge in [0.05, 0.1) is 13.3 Å². The van der Waals surface area contributed by atoms with Gasteiger partial charge in [0.25, 0.3) is 5.91 Å². The van der Waals surface area contributed by atoms with Crippen LogP contribution in [-0.2, 0) is 22.6 Å². The average Bonchev–Trinajstić information content (AvgIpc) is 3.53. The van der Waals surface area contributed by atoms with Crippen molar-refractivity contribution in [3.05, 3.63) is 127 Å².